The molecule has 0 spiro atoms. The standard InChI is InChI=1S/C12H14BrFS/c13-11-5-3-9(4-6-11)12(14)10-2-1-7-15-8-10/h3-6,10,12H,1-2,7-8H2. The molecule has 2 unspecified atom stereocenters. The molecule has 82 valence electrons. The summed E-state index contributed by atoms with van der Waals surface area (Å²) >= 11 is 5.24. The Kier molecular flexibility index (Phi) is 4.09. The third-order valence-corrected chi connectivity index (χ3v) is 4.57. The second-order valence-electron chi connectivity index (χ2n) is 3.93. The Morgan fingerprint density at radius 3 is 2.67 bits per heavy atom. The van der Waals surface area contributed by atoms with E-state index in [0.717, 1.165) is 28.6 Å². The predicted octanol–water partition coefficient (Wildman–Crippen LogP) is 4.60. The minimum Gasteiger partial charge on any atom is -0.242 e. The van der Waals surface area contributed by atoms with Crippen LogP contribution in [0.5, 0.6) is 0 Å². The molecule has 1 aliphatic rings. The monoisotopic (exact) mass is 288 g/mol. The summed E-state index contributed by atoms with van der Waals surface area (Å²) in [6, 6.07) is 7.60. The van der Waals surface area contributed by atoms with Gasteiger partial charge in [0, 0.05) is 10.4 Å². The molecular weight excluding hydrogens is 275 g/mol. The van der Waals surface area contributed by atoms with Crippen LogP contribution in [0.3, 0.4) is 0 Å². The van der Waals surface area contributed by atoms with Crippen LogP contribution in [-0.4, -0.2) is 11.5 Å². The van der Waals surface area contributed by atoms with E-state index in [4.69, 9.17) is 0 Å². The SMILES string of the molecule is FC(c1ccc(Br)cc1)C1CCCSC1. The number of rotatable bonds is 2. The van der Waals surface area contributed by atoms with Crippen LogP contribution < -0.4 is 0 Å². The van der Waals surface area contributed by atoms with E-state index in [9.17, 15) is 4.39 Å². The Balaban J connectivity index is 2.05. The summed E-state index contributed by atoms with van der Waals surface area (Å²) in [5.74, 6) is 2.38. The fraction of sp³-hybridized carbons (Fsp3) is 0.500. The van der Waals surface area contributed by atoms with Crippen molar-refractivity contribution in [1.82, 2.24) is 0 Å². The Bertz CT molecular complexity index is 306. The number of halogens is 2. The van der Waals surface area contributed by atoms with Crippen LogP contribution in [0, 0.1) is 5.92 Å². The molecule has 2 rings (SSSR count). The van der Waals surface area contributed by atoms with E-state index in [1.807, 2.05) is 36.0 Å². The van der Waals surface area contributed by atoms with Crippen LogP contribution in [0.15, 0.2) is 28.7 Å². The Hall–Kier alpha value is -0.0200. The first-order chi connectivity index (χ1) is 7.27. The second-order valence-corrected chi connectivity index (χ2v) is 6.00. The molecule has 0 N–H and O–H groups in total. The average molecular weight is 289 g/mol. The van der Waals surface area contributed by atoms with Gasteiger partial charge >= 0.3 is 0 Å². The van der Waals surface area contributed by atoms with E-state index in [1.54, 1.807) is 0 Å². The largest absolute Gasteiger partial charge is 0.242 e. The summed E-state index contributed by atoms with van der Waals surface area (Å²) in [5, 5.41) is 0. The van der Waals surface area contributed by atoms with E-state index in [2.05, 4.69) is 15.9 Å². The minimum atomic E-state index is -0.786. The van der Waals surface area contributed by atoms with Gasteiger partial charge in [-0.3, -0.25) is 0 Å². The van der Waals surface area contributed by atoms with Crippen molar-refractivity contribution < 1.29 is 4.39 Å². The molecule has 1 fully saturated rings. The number of hydrogen-bond acceptors (Lipinski definition) is 1. The van der Waals surface area contributed by atoms with Crippen molar-refractivity contribution in [3.05, 3.63) is 34.3 Å². The fourth-order valence-electron chi connectivity index (χ4n) is 1.92. The highest BCUT2D eigenvalue weighted by atomic mass is 79.9. The third-order valence-electron chi connectivity index (χ3n) is 2.80. The number of alkyl halides is 1. The predicted molar refractivity (Wildman–Crippen MR) is 68.0 cm³/mol. The molecular formula is C12H14BrFS. The van der Waals surface area contributed by atoms with Crippen molar-refractivity contribution in [2.75, 3.05) is 11.5 Å². The first-order valence-electron chi connectivity index (χ1n) is 5.24. The lowest BCUT2D eigenvalue weighted by Crippen LogP contribution is -2.16. The van der Waals surface area contributed by atoms with E-state index in [0.29, 0.717) is 0 Å². The van der Waals surface area contributed by atoms with Gasteiger partial charge in [0.05, 0.1) is 0 Å². The molecule has 1 aliphatic heterocycles. The maximum atomic E-state index is 14.1. The maximum absolute atomic E-state index is 14.1. The molecule has 1 heterocycles. The van der Waals surface area contributed by atoms with Gasteiger partial charge in [0.2, 0.25) is 0 Å². The highest BCUT2D eigenvalue weighted by molar-refractivity contribution is 9.10. The summed E-state index contributed by atoms with van der Waals surface area (Å²) < 4.78 is 15.1. The maximum Gasteiger partial charge on any atom is 0.129 e. The van der Waals surface area contributed by atoms with Crippen molar-refractivity contribution >= 4 is 27.7 Å². The summed E-state index contributed by atoms with van der Waals surface area (Å²) in [4.78, 5) is 0. The van der Waals surface area contributed by atoms with Crippen molar-refractivity contribution in [2.24, 2.45) is 5.92 Å². The first-order valence-corrected chi connectivity index (χ1v) is 7.19. The highest BCUT2D eigenvalue weighted by Gasteiger charge is 2.24. The Morgan fingerprint density at radius 1 is 1.33 bits per heavy atom. The Morgan fingerprint density at radius 2 is 2.07 bits per heavy atom. The van der Waals surface area contributed by atoms with Crippen molar-refractivity contribution in [2.45, 2.75) is 19.0 Å². The van der Waals surface area contributed by atoms with E-state index in [1.165, 1.54) is 5.75 Å². The first kappa shape index (κ1) is 11.5. The molecule has 0 saturated carbocycles. The van der Waals surface area contributed by atoms with Crippen LogP contribution in [0.2, 0.25) is 0 Å². The average Bonchev–Trinajstić information content (AvgIpc) is 2.30. The molecule has 0 aliphatic carbocycles. The molecule has 15 heavy (non-hydrogen) atoms. The third kappa shape index (κ3) is 2.97. The number of hydrogen-bond donors (Lipinski definition) is 0. The fourth-order valence-corrected chi connectivity index (χ4v) is 3.36. The topological polar surface area (TPSA) is 0 Å². The minimum absolute atomic E-state index is 0.213. The van der Waals surface area contributed by atoms with Crippen LogP contribution >= 0.6 is 27.7 Å². The van der Waals surface area contributed by atoms with E-state index in [-0.39, 0.29) is 5.92 Å². The molecule has 1 saturated heterocycles. The zero-order valence-corrected chi connectivity index (χ0v) is 10.9. The second kappa shape index (κ2) is 5.35. The molecule has 3 heteroatoms. The molecule has 0 radical (unpaired) electrons. The normalized spacial score (nSPS) is 23.7. The van der Waals surface area contributed by atoms with E-state index >= 15 is 0 Å². The van der Waals surface area contributed by atoms with Crippen molar-refractivity contribution in [1.29, 1.82) is 0 Å². The summed E-state index contributed by atoms with van der Waals surface area (Å²) in [5.41, 5.74) is 0.825. The Labute approximate surface area is 103 Å². The van der Waals surface area contributed by atoms with Gasteiger partial charge in [-0.1, -0.05) is 28.1 Å². The highest BCUT2D eigenvalue weighted by Crippen LogP contribution is 2.35. The summed E-state index contributed by atoms with van der Waals surface area (Å²) in [7, 11) is 0. The van der Waals surface area contributed by atoms with Gasteiger partial charge in [-0.2, -0.15) is 11.8 Å². The van der Waals surface area contributed by atoms with Gasteiger partial charge in [-0.25, -0.2) is 4.39 Å². The molecule has 1 aromatic rings. The summed E-state index contributed by atoms with van der Waals surface area (Å²) in [6.45, 7) is 0. The van der Waals surface area contributed by atoms with Crippen molar-refractivity contribution in [3.8, 4) is 0 Å². The van der Waals surface area contributed by atoms with Crippen LogP contribution in [0.4, 0.5) is 4.39 Å². The lowest BCUT2D eigenvalue weighted by atomic mass is 9.94. The number of thioether (sulfide) groups is 1. The lowest BCUT2D eigenvalue weighted by Gasteiger charge is -2.24. The van der Waals surface area contributed by atoms with Gasteiger partial charge < -0.3 is 0 Å². The molecule has 0 nitrogen and oxygen atoms in total. The molecule has 1 aromatic carbocycles. The van der Waals surface area contributed by atoms with Crippen molar-refractivity contribution in [3.63, 3.8) is 0 Å². The van der Waals surface area contributed by atoms with Crippen LogP contribution in [0.25, 0.3) is 0 Å². The quantitative estimate of drug-likeness (QED) is 0.766. The lowest BCUT2D eigenvalue weighted by molar-refractivity contribution is 0.236. The van der Waals surface area contributed by atoms with Gasteiger partial charge in [-0.05, 0) is 42.0 Å². The van der Waals surface area contributed by atoms with Crippen LogP contribution in [0.1, 0.15) is 24.6 Å². The van der Waals surface area contributed by atoms with Gasteiger partial charge in [-0.15, -0.1) is 0 Å². The number of benzene rings is 1. The smallest absolute Gasteiger partial charge is 0.129 e. The molecule has 0 aromatic heterocycles. The molecule has 2 atom stereocenters. The van der Waals surface area contributed by atoms with Gasteiger partial charge in [0.25, 0.3) is 0 Å². The molecule has 0 amide bonds. The van der Waals surface area contributed by atoms with E-state index < -0.39 is 6.17 Å². The zero-order chi connectivity index (χ0) is 10.7. The van der Waals surface area contributed by atoms with Gasteiger partial charge in [0.1, 0.15) is 6.17 Å². The van der Waals surface area contributed by atoms with Crippen LogP contribution in [-0.2, 0) is 0 Å². The van der Waals surface area contributed by atoms with Gasteiger partial charge in [0.15, 0.2) is 0 Å². The summed E-state index contributed by atoms with van der Waals surface area (Å²) in [6.07, 6.45) is 1.40. The molecule has 0 bridgehead atoms. The zero-order valence-electron chi connectivity index (χ0n) is 8.46.